The minimum Gasteiger partial charge on any atom is -0.399 e. The summed E-state index contributed by atoms with van der Waals surface area (Å²) in [6.07, 6.45) is 4.45. The van der Waals surface area contributed by atoms with Crippen molar-refractivity contribution >= 4 is 18.4 Å². The smallest absolute Gasteiger partial charge is 0.399 e. The van der Waals surface area contributed by atoms with E-state index in [2.05, 4.69) is 50.6 Å². The van der Waals surface area contributed by atoms with Gasteiger partial charge in [-0.05, 0) is 59.1 Å². The topological polar surface area (TPSA) is 34.6 Å². The Morgan fingerprint density at radius 1 is 1.10 bits per heavy atom. The van der Waals surface area contributed by atoms with E-state index in [1.807, 2.05) is 6.20 Å². The standard InChI is InChI=1S/C16H25BN2O2/c1-12-10-14(19-8-6-7-9-19)18-11-13(12)17-20-15(2,3)16(4,5)21-17/h10-11H,6-9H2,1-5H3. The van der Waals surface area contributed by atoms with E-state index in [-0.39, 0.29) is 18.3 Å². The molecule has 2 saturated heterocycles. The highest BCUT2D eigenvalue weighted by molar-refractivity contribution is 6.62. The van der Waals surface area contributed by atoms with Crippen molar-refractivity contribution in [3.63, 3.8) is 0 Å². The van der Waals surface area contributed by atoms with Crippen molar-refractivity contribution in [1.82, 2.24) is 4.98 Å². The van der Waals surface area contributed by atoms with Gasteiger partial charge in [0.2, 0.25) is 0 Å². The predicted molar refractivity (Wildman–Crippen MR) is 86.1 cm³/mol. The summed E-state index contributed by atoms with van der Waals surface area (Å²) in [6.45, 7) is 12.7. The Labute approximate surface area is 128 Å². The number of aryl methyl sites for hydroxylation is 1. The van der Waals surface area contributed by atoms with Gasteiger partial charge < -0.3 is 14.2 Å². The maximum atomic E-state index is 6.12. The molecule has 0 spiro atoms. The fourth-order valence-corrected chi connectivity index (χ4v) is 2.89. The molecule has 3 heterocycles. The molecule has 1 aromatic rings. The van der Waals surface area contributed by atoms with Gasteiger partial charge in [0.25, 0.3) is 0 Å². The number of aromatic nitrogens is 1. The van der Waals surface area contributed by atoms with Gasteiger partial charge in [0.1, 0.15) is 5.82 Å². The molecule has 2 fully saturated rings. The molecule has 5 heteroatoms. The van der Waals surface area contributed by atoms with Crippen molar-refractivity contribution < 1.29 is 9.31 Å². The molecule has 0 radical (unpaired) electrons. The lowest BCUT2D eigenvalue weighted by molar-refractivity contribution is 0.00578. The maximum absolute atomic E-state index is 6.12. The van der Waals surface area contributed by atoms with Crippen LogP contribution >= 0.6 is 0 Å². The monoisotopic (exact) mass is 288 g/mol. The molecular formula is C16H25BN2O2. The average Bonchev–Trinajstić information content (AvgIpc) is 2.96. The Hall–Kier alpha value is -1.07. The highest BCUT2D eigenvalue weighted by atomic mass is 16.7. The van der Waals surface area contributed by atoms with Crippen LogP contribution < -0.4 is 10.4 Å². The van der Waals surface area contributed by atoms with Gasteiger partial charge in [-0.2, -0.15) is 0 Å². The molecule has 0 unspecified atom stereocenters. The minimum absolute atomic E-state index is 0.308. The first-order chi connectivity index (χ1) is 9.80. The molecule has 1 aromatic heterocycles. The number of nitrogens with zero attached hydrogens (tertiary/aromatic N) is 2. The van der Waals surface area contributed by atoms with Crippen molar-refractivity contribution in [2.24, 2.45) is 0 Å². The van der Waals surface area contributed by atoms with Gasteiger partial charge in [-0.1, -0.05) is 0 Å². The van der Waals surface area contributed by atoms with Crippen molar-refractivity contribution in [3.05, 3.63) is 17.8 Å². The van der Waals surface area contributed by atoms with E-state index in [0.717, 1.165) is 24.4 Å². The first-order valence-electron chi connectivity index (χ1n) is 7.87. The van der Waals surface area contributed by atoms with Gasteiger partial charge in [-0.3, -0.25) is 0 Å². The number of hydrogen-bond acceptors (Lipinski definition) is 4. The summed E-state index contributed by atoms with van der Waals surface area (Å²) in [5.41, 5.74) is 1.61. The molecule has 114 valence electrons. The Balaban J connectivity index is 1.84. The first-order valence-corrected chi connectivity index (χ1v) is 7.87. The molecule has 0 N–H and O–H groups in total. The zero-order valence-electron chi connectivity index (χ0n) is 13.8. The summed E-state index contributed by atoms with van der Waals surface area (Å²) in [5, 5.41) is 0. The Morgan fingerprint density at radius 3 is 2.19 bits per heavy atom. The number of anilines is 1. The maximum Gasteiger partial charge on any atom is 0.496 e. The third-order valence-electron chi connectivity index (χ3n) is 5.07. The van der Waals surface area contributed by atoms with Crippen LogP contribution in [0.3, 0.4) is 0 Å². The zero-order valence-corrected chi connectivity index (χ0v) is 13.8. The molecule has 0 amide bonds. The molecule has 0 atom stereocenters. The summed E-state index contributed by atoms with van der Waals surface area (Å²) in [7, 11) is -0.324. The van der Waals surface area contributed by atoms with Gasteiger partial charge in [0.05, 0.1) is 11.2 Å². The van der Waals surface area contributed by atoms with E-state index in [9.17, 15) is 0 Å². The Bertz CT molecular complexity index is 523. The second-order valence-electron chi connectivity index (χ2n) is 7.18. The van der Waals surface area contributed by atoms with Crippen molar-refractivity contribution in [2.45, 2.75) is 58.7 Å². The normalized spacial score (nSPS) is 23.9. The van der Waals surface area contributed by atoms with Crippen LogP contribution in [0.15, 0.2) is 12.3 Å². The van der Waals surface area contributed by atoms with E-state index in [4.69, 9.17) is 9.31 Å². The molecule has 0 saturated carbocycles. The first kappa shape index (κ1) is 14.9. The molecule has 0 aliphatic carbocycles. The lowest BCUT2D eigenvalue weighted by Gasteiger charge is -2.32. The summed E-state index contributed by atoms with van der Waals surface area (Å²) >= 11 is 0. The average molecular weight is 288 g/mol. The molecule has 0 aromatic carbocycles. The van der Waals surface area contributed by atoms with Gasteiger partial charge >= 0.3 is 7.12 Å². The van der Waals surface area contributed by atoms with Gasteiger partial charge in [-0.25, -0.2) is 4.98 Å². The fourth-order valence-electron chi connectivity index (χ4n) is 2.89. The molecular weight excluding hydrogens is 263 g/mol. The zero-order chi connectivity index (χ0) is 15.3. The molecule has 2 aliphatic rings. The quantitative estimate of drug-likeness (QED) is 0.782. The van der Waals surface area contributed by atoms with E-state index < -0.39 is 0 Å². The van der Waals surface area contributed by atoms with Crippen LogP contribution in [0, 0.1) is 6.92 Å². The van der Waals surface area contributed by atoms with Crippen molar-refractivity contribution in [3.8, 4) is 0 Å². The molecule has 2 aliphatic heterocycles. The van der Waals surface area contributed by atoms with Crippen LogP contribution in [0.25, 0.3) is 0 Å². The minimum atomic E-state index is -0.324. The molecule has 4 nitrogen and oxygen atoms in total. The summed E-state index contributed by atoms with van der Waals surface area (Å²) in [5.74, 6) is 1.07. The third-order valence-corrected chi connectivity index (χ3v) is 5.07. The van der Waals surface area contributed by atoms with Crippen LogP contribution in [-0.2, 0) is 9.31 Å². The number of pyridine rings is 1. The summed E-state index contributed by atoms with van der Waals surface area (Å²) in [4.78, 5) is 6.98. The Kier molecular flexibility index (Phi) is 3.53. The predicted octanol–water partition coefficient (Wildman–Crippen LogP) is 2.29. The van der Waals surface area contributed by atoms with E-state index in [1.54, 1.807) is 0 Å². The molecule has 3 rings (SSSR count). The summed E-state index contributed by atoms with van der Waals surface area (Å²) < 4.78 is 12.2. The highest BCUT2D eigenvalue weighted by Crippen LogP contribution is 2.36. The lowest BCUT2D eigenvalue weighted by atomic mass is 9.77. The third kappa shape index (κ3) is 2.57. The summed E-state index contributed by atoms with van der Waals surface area (Å²) in [6, 6.07) is 2.16. The van der Waals surface area contributed by atoms with Crippen LogP contribution in [-0.4, -0.2) is 36.4 Å². The van der Waals surface area contributed by atoms with Crippen LogP contribution in [0.4, 0.5) is 5.82 Å². The number of rotatable bonds is 2. The van der Waals surface area contributed by atoms with Gasteiger partial charge in [-0.15, -0.1) is 0 Å². The lowest BCUT2D eigenvalue weighted by Crippen LogP contribution is -2.41. The van der Waals surface area contributed by atoms with E-state index in [1.165, 1.54) is 18.4 Å². The van der Waals surface area contributed by atoms with Crippen LogP contribution in [0.2, 0.25) is 0 Å². The second-order valence-corrected chi connectivity index (χ2v) is 7.18. The largest absolute Gasteiger partial charge is 0.496 e. The SMILES string of the molecule is Cc1cc(N2CCCC2)ncc1B1OC(C)(C)C(C)(C)O1. The van der Waals surface area contributed by atoms with Gasteiger partial charge in [0, 0.05) is 24.7 Å². The van der Waals surface area contributed by atoms with Crippen LogP contribution in [0.1, 0.15) is 46.1 Å². The van der Waals surface area contributed by atoms with Crippen molar-refractivity contribution in [1.29, 1.82) is 0 Å². The second kappa shape index (κ2) is 4.99. The molecule has 21 heavy (non-hydrogen) atoms. The van der Waals surface area contributed by atoms with E-state index in [0.29, 0.717) is 0 Å². The molecule has 0 bridgehead atoms. The van der Waals surface area contributed by atoms with E-state index >= 15 is 0 Å². The van der Waals surface area contributed by atoms with Crippen LogP contribution in [0.5, 0.6) is 0 Å². The number of hydrogen-bond donors (Lipinski definition) is 0. The van der Waals surface area contributed by atoms with Gasteiger partial charge in [0.15, 0.2) is 0 Å². The highest BCUT2D eigenvalue weighted by Gasteiger charge is 2.52. The van der Waals surface area contributed by atoms with Crippen molar-refractivity contribution in [2.75, 3.05) is 18.0 Å². The fraction of sp³-hybridized carbons (Fsp3) is 0.688. The Morgan fingerprint density at radius 2 is 1.67 bits per heavy atom.